The van der Waals surface area contributed by atoms with Gasteiger partial charge >= 0.3 is 11.7 Å². The van der Waals surface area contributed by atoms with E-state index in [1.54, 1.807) is 19.2 Å². The van der Waals surface area contributed by atoms with Crippen LogP contribution < -0.4 is 21.9 Å². The zero-order valence-corrected chi connectivity index (χ0v) is 17.4. The SMILES string of the molecule is CC1=CN(CC(Cn2cc(C)c(=O)[nH]c2=O)NC(=O)C=Cc2ccccc2)C(=O)NC1. The number of nitrogens with zero attached hydrogens (tertiary/aromatic N) is 2. The minimum absolute atomic E-state index is 0.0814. The van der Waals surface area contributed by atoms with E-state index in [0.717, 1.165) is 11.1 Å². The molecule has 3 rings (SSSR count). The van der Waals surface area contributed by atoms with E-state index in [-0.39, 0.29) is 25.0 Å². The van der Waals surface area contributed by atoms with Crippen LogP contribution in [0.15, 0.2) is 64.0 Å². The van der Waals surface area contributed by atoms with E-state index in [0.29, 0.717) is 12.1 Å². The second kappa shape index (κ2) is 9.75. The molecule has 0 aliphatic carbocycles. The van der Waals surface area contributed by atoms with Crippen molar-refractivity contribution in [3.05, 3.63) is 86.3 Å². The van der Waals surface area contributed by atoms with Gasteiger partial charge < -0.3 is 10.6 Å². The summed E-state index contributed by atoms with van der Waals surface area (Å²) in [6, 6.07) is 8.50. The fraction of sp³-hybridized carbons (Fsp3) is 0.273. The fourth-order valence-corrected chi connectivity index (χ4v) is 3.19. The molecule has 2 aromatic rings. The van der Waals surface area contributed by atoms with Crippen LogP contribution in [0.4, 0.5) is 4.79 Å². The van der Waals surface area contributed by atoms with Gasteiger partial charge in [-0.05, 0) is 31.1 Å². The Kier molecular flexibility index (Phi) is 6.86. The second-order valence-corrected chi connectivity index (χ2v) is 7.46. The van der Waals surface area contributed by atoms with Gasteiger partial charge in [-0.3, -0.25) is 24.0 Å². The van der Waals surface area contributed by atoms with Gasteiger partial charge in [0.2, 0.25) is 5.91 Å². The van der Waals surface area contributed by atoms with E-state index < -0.39 is 17.3 Å². The molecule has 1 aliphatic heterocycles. The number of rotatable bonds is 7. The van der Waals surface area contributed by atoms with Crippen molar-refractivity contribution in [2.45, 2.75) is 26.4 Å². The van der Waals surface area contributed by atoms with Crippen LogP contribution in [-0.2, 0) is 11.3 Å². The zero-order valence-electron chi connectivity index (χ0n) is 17.4. The molecule has 9 nitrogen and oxygen atoms in total. The van der Waals surface area contributed by atoms with Crippen LogP contribution in [0.1, 0.15) is 18.1 Å². The predicted octanol–water partition coefficient (Wildman–Crippen LogP) is 0.972. The van der Waals surface area contributed by atoms with Gasteiger partial charge in [0.25, 0.3) is 5.56 Å². The Balaban J connectivity index is 1.80. The largest absolute Gasteiger partial charge is 0.346 e. The first-order valence-electron chi connectivity index (χ1n) is 9.87. The highest BCUT2D eigenvalue weighted by molar-refractivity contribution is 5.92. The predicted molar refractivity (Wildman–Crippen MR) is 117 cm³/mol. The third kappa shape index (κ3) is 6.05. The van der Waals surface area contributed by atoms with Crippen molar-refractivity contribution in [1.29, 1.82) is 0 Å². The Morgan fingerprint density at radius 2 is 1.90 bits per heavy atom. The van der Waals surface area contributed by atoms with Crippen molar-refractivity contribution < 1.29 is 9.59 Å². The summed E-state index contributed by atoms with van der Waals surface area (Å²) in [5, 5.41) is 5.61. The van der Waals surface area contributed by atoms with Crippen molar-refractivity contribution in [3.63, 3.8) is 0 Å². The molecule has 9 heteroatoms. The summed E-state index contributed by atoms with van der Waals surface area (Å²) in [6.07, 6.45) is 6.25. The molecule has 0 saturated carbocycles. The van der Waals surface area contributed by atoms with Gasteiger partial charge in [0.1, 0.15) is 0 Å². The fourth-order valence-electron chi connectivity index (χ4n) is 3.19. The molecule has 3 N–H and O–H groups in total. The van der Waals surface area contributed by atoms with Crippen molar-refractivity contribution in [1.82, 2.24) is 25.1 Å². The van der Waals surface area contributed by atoms with E-state index in [9.17, 15) is 19.2 Å². The Labute approximate surface area is 179 Å². The molecule has 1 atom stereocenters. The van der Waals surface area contributed by atoms with Gasteiger partial charge in [-0.1, -0.05) is 30.3 Å². The smallest absolute Gasteiger partial charge is 0.328 e. The van der Waals surface area contributed by atoms with Crippen LogP contribution in [0, 0.1) is 6.92 Å². The maximum atomic E-state index is 12.5. The number of nitrogens with one attached hydrogen (secondary N) is 3. The highest BCUT2D eigenvalue weighted by Gasteiger charge is 2.22. The Morgan fingerprint density at radius 1 is 1.16 bits per heavy atom. The lowest BCUT2D eigenvalue weighted by atomic mass is 10.2. The molecule has 1 aliphatic rings. The van der Waals surface area contributed by atoms with Crippen LogP contribution in [-0.4, -0.2) is 45.5 Å². The summed E-state index contributed by atoms with van der Waals surface area (Å²) >= 11 is 0. The van der Waals surface area contributed by atoms with Gasteiger partial charge in [0.05, 0.1) is 6.04 Å². The highest BCUT2D eigenvalue weighted by atomic mass is 16.2. The molecule has 1 aromatic carbocycles. The van der Waals surface area contributed by atoms with Gasteiger partial charge in [-0.15, -0.1) is 0 Å². The number of amides is 3. The lowest BCUT2D eigenvalue weighted by molar-refractivity contribution is -0.117. The molecular formula is C22H25N5O4. The molecule has 0 spiro atoms. The number of hydrogen-bond acceptors (Lipinski definition) is 4. The zero-order chi connectivity index (χ0) is 22.4. The number of hydrogen-bond donors (Lipinski definition) is 3. The number of aryl methyl sites for hydroxylation is 1. The number of aromatic nitrogens is 2. The van der Waals surface area contributed by atoms with Gasteiger partial charge in [-0.2, -0.15) is 0 Å². The summed E-state index contributed by atoms with van der Waals surface area (Å²) in [6.45, 7) is 4.18. The van der Waals surface area contributed by atoms with E-state index >= 15 is 0 Å². The second-order valence-electron chi connectivity index (χ2n) is 7.46. The van der Waals surface area contributed by atoms with E-state index in [1.807, 2.05) is 37.3 Å². The summed E-state index contributed by atoms with van der Waals surface area (Å²) in [5.41, 5.74) is 1.17. The van der Waals surface area contributed by atoms with Crippen molar-refractivity contribution in [2.75, 3.05) is 13.1 Å². The molecule has 0 radical (unpaired) electrons. The number of benzene rings is 1. The lowest BCUT2D eigenvalue weighted by Crippen LogP contribution is -2.51. The van der Waals surface area contributed by atoms with Gasteiger partial charge in [-0.25, -0.2) is 9.59 Å². The Hall–Kier alpha value is -3.88. The molecule has 1 unspecified atom stereocenters. The Morgan fingerprint density at radius 3 is 2.65 bits per heavy atom. The number of H-pyrrole nitrogens is 1. The van der Waals surface area contributed by atoms with E-state index in [2.05, 4.69) is 15.6 Å². The number of carbonyl (C=O) groups is 2. The van der Waals surface area contributed by atoms with Crippen LogP contribution in [0.3, 0.4) is 0 Å². The van der Waals surface area contributed by atoms with Crippen molar-refractivity contribution in [2.24, 2.45) is 0 Å². The molecule has 0 fully saturated rings. The molecule has 162 valence electrons. The molecule has 1 aromatic heterocycles. The average Bonchev–Trinajstić information content (AvgIpc) is 2.74. The normalized spacial score (nSPS) is 14.8. The number of carbonyl (C=O) groups excluding carboxylic acids is 2. The van der Waals surface area contributed by atoms with Crippen LogP contribution in [0.2, 0.25) is 0 Å². The minimum atomic E-state index is -0.580. The summed E-state index contributed by atoms with van der Waals surface area (Å²) in [7, 11) is 0. The van der Waals surface area contributed by atoms with Gasteiger partial charge in [0.15, 0.2) is 0 Å². The van der Waals surface area contributed by atoms with Gasteiger partial charge in [0, 0.05) is 43.7 Å². The minimum Gasteiger partial charge on any atom is -0.346 e. The standard InChI is InChI=1S/C22H25N5O4/c1-15-10-23-21(30)26(11-15)13-18(14-27-12-16(2)20(29)25-22(27)31)24-19(28)9-8-17-6-4-3-5-7-17/h3-9,11-12,18H,10,13-14H2,1-2H3,(H,23,30)(H,24,28)(H,25,29,31). The molecule has 0 bridgehead atoms. The quantitative estimate of drug-likeness (QED) is 0.576. The summed E-state index contributed by atoms with van der Waals surface area (Å²) in [5.74, 6) is -0.360. The van der Waals surface area contributed by atoms with Crippen molar-refractivity contribution in [3.8, 4) is 0 Å². The molecule has 31 heavy (non-hydrogen) atoms. The maximum Gasteiger partial charge on any atom is 0.328 e. The lowest BCUT2D eigenvalue weighted by Gasteiger charge is -2.29. The maximum absolute atomic E-state index is 12.5. The molecule has 2 heterocycles. The van der Waals surface area contributed by atoms with Crippen LogP contribution in [0.25, 0.3) is 6.08 Å². The van der Waals surface area contributed by atoms with E-state index in [1.165, 1.54) is 21.7 Å². The summed E-state index contributed by atoms with van der Waals surface area (Å²) in [4.78, 5) is 52.3. The van der Waals surface area contributed by atoms with Crippen molar-refractivity contribution >= 4 is 18.0 Å². The average molecular weight is 423 g/mol. The Bertz CT molecular complexity index is 1130. The number of urea groups is 1. The first-order chi connectivity index (χ1) is 14.8. The highest BCUT2D eigenvalue weighted by Crippen LogP contribution is 2.07. The molecule has 0 saturated heterocycles. The third-order valence-electron chi connectivity index (χ3n) is 4.75. The van der Waals surface area contributed by atoms with Crippen LogP contribution >= 0.6 is 0 Å². The molecule has 3 amide bonds. The summed E-state index contributed by atoms with van der Waals surface area (Å²) < 4.78 is 1.32. The van der Waals surface area contributed by atoms with E-state index in [4.69, 9.17) is 0 Å². The van der Waals surface area contributed by atoms with Crippen LogP contribution in [0.5, 0.6) is 0 Å². The first kappa shape index (κ1) is 21.8. The third-order valence-corrected chi connectivity index (χ3v) is 4.75. The molecular weight excluding hydrogens is 398 g/mol. The first-order valence-corrected chi connectivity index (χ1v) is 9.87. The number of aromatic amines is 1. The topological polar surface area (TPSA) is 116 Å². The monoisotopic (exact) mass is 423 g/mol.